The molecule has 5 N–H and O–H groups in total. The van der Waals surface area contributed by atoms with Gasteiger partial charge in [0.25, 0.3) is 5.91 Å². The molecule has 0 fully saturated rings. The lowest BCUT2D eigenvalue weighted by atomic mass is 10.3. The van der Waals surface area contributed by atoms with E-state index in [0.717, 1.165) is 6.07 Å². The van der Waals surface area contributed by atoms with E-state index >= 15 is 0 Å². The fraction of sp³-hybridized carbons (Fsp3) is 0. The smallest absolute Gasteiger partial charge is 0.254 e. The molecule has 1 amide bonds. The van der Waals surface area contributed by atoms with Crippen LogP contribution >= 0.6 is 0 Å². The first-order valence-electron chi connectivity index (χ1n) is 2.52. The Bertz CT molecular complexity index is 266. The quantitative estimate of drug-likeness (QED) is 0.426. The first-order valence-corrected chi connectivity index (χ1v) is 2.52. The van der Waals surface area contributed by atoms with Crippen molar-refractivity contribution in [2.75, 3.05) is 0 Å². The summed E-state index contributed by atoms with van der Waals surface area (Å²) < 4.78 is 0. The zero-order valence-corrected chi connectivity index (χ0v) is 4.96. The molecule has 5 nitrogen and oxygen atoms in total. The second kappa shape index (κ2) is 1.94. The number of aromatic hydroxyl groups is 2. The van der Waals surface area contributed by atoms with Gasteiger partial charge in [-0.05, 0) is 0 Å². The lowest BCUT2D eigenvalue weighted by molar-refractivity contribution is 0.0998. The van der Waals surface area contributed by atoms with Gasteiger partial charge in [-0.1, -0.05) is 0 Å². The number of H-pyrrole nitrogens is 1. The summed E-state index contributed by atoms with van der Waals surface area (Å²) in [6.07, 6.45) is 0. The third-order valence-electron chi connectivity index (χ3n) is 1.05. The lowest BCUT2D eigenvalue weighted by Gasteiger charge is -1.86. The maximum atomic E-state index is 10.4. The fourth-order valence-electron chi connectivity index (χ4n) is 0.618. The summed E-state index contributed by atoms with van der Waals surface area (Å²) in [7, 11) is 0. The van der Waals surface area contributed by atoms with Crippen LogP contribution < -0.4 is 5.73 Å². The molecule has 1 aromatic heterocycles. The van der Waals surface area contributed by atoms with Crippen LogP contribution in [-0.4, -0.2) is 21.1 Å². The molecular formula is C5H6N2O3. The van der Waals surface area contributed by atoms with E-state index in [-0.39, 0.29) is 11.4 Å². The standard InChI is InChI=1S/C5H6N2O3/c6-4(9)2-1-3(8)7-5(2)10/h1,7-8,10H,(H2,6,9). The van der Waals surface area contributed by atoms with Crippen LogP contribution in [0, 0.1) is 0 Å². The van der Waals surface area contributed by atoms with Crippen molar-refractivity contribution in [1.82, 2.24) is 4.98 Å². The highest BCUT2D eigenvalue weighted by Gasteiger charge is 2.10. The van der Waals surface area contributed by atoms with Crippen molar-refractivity contribution in [3.05, 3.63) is 11.6 Å². The van der Waals surface area contributed by atoms with Gasteiger partial charge >= 0.3 is 0 Å². The van der Waals surface area contributed by atoms with E-state index in [1.807, 2.05) is 0 Å². The number of hydrogen-bond acceptors (Lipinski definition) is 3. The molecule has 0 aliphatic rings. The third-order valence-corrected chi connectivity index (χ3v) is 1.05. The first-order chi connectivity index (χ1) is 4.61. The Morgan fingerprint density at radius 2 is 2.20 bits per heavy atom. The Labute approximate surface area is 56.1 Å². The average Bonchev–Trinajstić information content (AvgIpc) is 2.10. The summed E-state index contributed by atoms with van der Waals surface area (Å²) in [6, 6.07) is 1.05. The molecule has 0 radical (unpaired) electrons. The summed E-state index contributed by atoms with van der Waals surface area (Å²) in [5, 5.41) is 17.4. The third kappa shape index (κ3) is 0.883. The largest absolute Gasteiger partial charge is 0.494 e. The van der Waals surface area contributed by atoms with Gasteiger partial charge in [0.05, 0.1) is 0 Å². The van der Waals surface area contributed by atoms with Crippen LogP contribution in [0.2, 0.25) is 0 Å². The highest BCUT2D eigenvalue weighted by molar-refractivity contribution is 5.95. The molecule has 54 valence electrons. The molecule has 0 saturated heterocycles. The predicted molar refractivity (Wildman–Crippen MR) is 32.6 cm³/mol. The first kappa shape index (κ1) is 6.47. The Hall–Kier alpha value is -1.65. The second-order valence-electron chi connectivity index (χ2n) is 1.78. The SMILES string of the molecule is NC(=O)c1cc(O)[nH]c1O. The number of amides is 1. The van der Waals surface area contributed by atoms with Crippen LogP contribution in [0.4, 0.5) is 0 Å². The minimum absolute atomic E-state index is 0.113. The van der Waals surface area contributed by atoms with Gasteiger partial charge in [0.15, 0.2) is 5.88 Å². The molecule has 10 heavy (non-hydrogen) atoms. The summed E-state index contributed by atoms with van der Waals surface area (Å²) >= 11 is 0. The number of nitrogens with one attached hydrogen (secondary N) is 1. The molecule has 0 bridgehead atoms. The normalized spacial score (nSPS) is 9.60. The molecule has 5 heteroatoms. The van der Waals surface area contributed by atoms with Crippen molar-refractivity contribution in [3.8, 4) is 11.8 Å². The minimum atomic E-state index is -0.783. The van der Waals surface area contributed by atoms with E-state index < -0.39 is 11.8 Å². The number of aromatic amines is 1. The van der Waals surface area contributed by atoms with Gasteiger partial charge in [-0.15, -0.1) is 0 Å². The molecule has 1 rings (SSSR count). The molecule has 0 aliphatic carbocycles. The summed E-state index contributed by atoms with van der Waals surface area (Å²) in [4.78, 5) is 12.5. The number of nitrogens with two attached hydrogens (primary N) is 1. The number of hydrogen-bond donors (Lipinski definition) is 4. The Morgan fingerprint density at radius 1 is 1.60 bits per heavy atom. The predicted octanol–water partition coefficient (Wildman–Crippen LogP) is -0.475. The van der Waals surface area contributed by atoms with Crippen LogP contribution in [0.25, 0.3) is 0 Å². The summed E-state index contributed by atoms with van der Waals surface area (Å²) in [5.41, 5.74) is 4.68. The maximum absolute atomic E-state index is 10.4. The van der Waals surface area contributed by atoms with E-state index in [9.17, 15) is 4.79 Å². The molecule has 0 unspecified atom stereocenters. The summed E-state index contributed by atoms with van der Waals surface area (Å²) in [6.45, 7) is 0. The molecular weight excluding hydrogens is 136 g/mol. The monoisotopic (exact) mass is 142 g/mol. The van der Waals surface area contributed by atoms with Crippen LogP contribution in [0.3, 0.4) is 0 Å². The van der Waals surface area contributed by atoms with Gasteiger partial charge in [-0.2, -0.15) is 0 Å². The number of carbonyl (C=O) groups excluding carboxylic acids is 1. The van der Waals surface area contributed by atoms with Gasteiger partial charge in [0.1, 0.15) is 5.56 Å². The number of primary amides is 1. The molecule has 0 aromatic carbocycles. The number of aromatic nitrogens is 1. The highest BCUT2D eigenvalue weighted by atomic mass is 16.3. The average molecular weight is 142 g/mol. The molecule has 1 aromatic rings. The van der Waals surface area contributed by atoms with Crippen molar-refractivity contribution >= 4 is 5.91 Å². The van der Waals surface area contributed by atoms with Gasteiger partial charge in [-0.3, -0.25) is 9.78 Å². The van der Waals surface area contributed by atoms with E-state index in [1.54, 1.807) is 0 Å². The Morgan fingerprint density at radius 3 is 2.40 bits per heavy atom. The number of rotatable bonds is 1. The Kier molecular flexibility index (Phi) is 1.26. The van der Waals surface area contributed by atoms with Gasteiger partial charge < -0.3 is 15.9 Å². The molecule has 0 atom stereocenters. The second-order valence-corrected chi connectivity index (χ2v) is 1.78. The molecule has 0 saturated carbocycles. The van der Waals surface area contributed by atoms with Crippen molar-refractivity contribution in [2.24, 2.45) is 5.73 Å². The van der Waals surface area contributed by atoms with Crippen LogP contribution in [0.5, 0.6) is 11.8 Å². The topological polar surface area (TPSA) is 99.3 Å². The van der Waals surface area contributed by atoms with Gasteiger partial charge in [0, 0.05) is 6.07 Å². The van der Waals surface area contributed by atoms with Crippen LogP contribution in [0.15, 0.2) is 6.07 Å². The zero-order chi connectivity index (χ0) is 7.72. The highest BCUT2D eigenvalue weighted by Crippen LogP contribution is 2.19. The van der Waals surface area contributed by atoms with E-state index in [1.165, 1.54) is 0 Å². The van der Waals surface area contributed by atoms with Crippen molar-refractivity contribution < 1.29 is 15.0 Å². The summed E-state index contributed by atoms with van der Waals surface area (Å²) in [5.74, 6) is -1.48. The number of carbonyl (C=O) groups is 1. The van der Waals surface area contributed by atoms with E-state index in [0.29, 0.717) is 0 Å². The molecule has 1 heterocycles. The zero-order valence-electron chi connectivity index (χ0n) is 4.96. The minimum Gasteiger partial charge on any atom is -0.494 e. The van der Waals surface area contributed by atoms with Crippen LogP contribution in [-0.2, 0) is 0 Å². The fourth-order valence-corrected chi connectivity index (χ4v) is 0.618. The van der Waals surface area contributed by atoms with Crippen molar-refractivity contribution in [1.29, 1.82) is 0 Å². The maximum Gasteiger partial charge on any atom is 0.254 e. The van der Waals surface area contributed by atoms with E-state index in [4.69, 9.17) is 15.9 Å². The van der Waals surface area contributed by atoms with E-state index in [2.05, 4.69) is 4.98 Å². The van der Waals surface area contributed by atoms with Crippen molar-refractivity contribution in [2.45, 2.75) is 0 Å². The van der Waals surface area contributed by atoms with Gasteiger partial charge in [-0.25, -0.2) is 0 Å². The van der Waals surface area contributed by atoms with Crippen LogP contribution in [0.1, 0.15) is 10.4 Å². The molecule has 0 aliphatic heterocycles. The Balaban J connectivity index is 3.15. The molecule has 0 spiro atoms. The lowest BCUT2D eigenvalue weighted by Crippen LogP contribution is -2.09. The van der Waals surface area contributed by atoms with Crippen molar-refractivity contribution in [3.63, 3.8) is 0 Å². The van der Waals surface area contributed by atoms with Gasteiger partial charge in [0.2, 0.25) is 5.88 Å².